The number of hydrogen-bond donors (Lipinski definition) is 1. The smallest absolute Gasteiger partial charge is 0.234 e. The molecule has 4 nitrogen and oxygen atoms in total. The van der Waals surface area contributed by atoms with Crippen LogP contribution in [0.15, 0.2) is 6.20 Å². The lowest BCUT2D eigenvalue weighted by atomic mass is 10.5. The minimum absolute atomic E-state index is 0.126. The lowest BCUT2D eigenvalue weighted by Crippen LogP contribution is -1.98. The first-order chi connectivity index (χ1) is 4.74. The van der Waals surface area contributed by atoms with Gasteiger partial charge in [0.15, 0.2) is 11.6 Å². The summed E-state index contributed by atoms with van der Waals surface area (Å²) in [6.07, 6.45) is 0.862. The molecule has 0 saturated heterocycles. The van der Waals surface area contributed by atoms with Gasteiger partial charge >= 0.3 is 0 Å². The Bertz CT molecular complexity index is 290. The molecule has 0 unspecified atom stereocenters. The van der Waals surface area contributed by atoms with E-state index in [1.54, 1.807) is 6.07 Å². The molecule has 0 aliphatic rings. The van der Waals surface area contributed by atoms with Gasteiger partial charge in [-0.05, 0) is 0 Å². The predicted molar refractivity (Wildman–Crippen MR) is 31.1 cm³/mol. The molecule has 5 heteroatoms. The van der Waals surface area contributed by atoms with Gasteiger partial charge < -0.3 is 5.73 Å². The number of rotatable bonds is 0. The predicted octanol–water partition coefficient (Wildman–Crippen LogP) is 0.0696. The molecule has 0 aliphatic heterocycles. The molecule has 0 aromatic carbocycles. The van der Waals surface area contributed by atoms with E-state index < -0.39 is 5.82 Å². The number of halogens is 1. The van der Waals surface area contributed by atoms with E-state index in [0.29, 0.717) is 0 Å². The van der Waals surface area contributed by atoms with Crippen LogP contribution in [0.4, 0.5) is 10.2 Å². The molecule has 0 radical (unpaired) electrons. The Morgan fingerprint density at radius 2 is 2.40 bits per heavy atom. The maximum absolute atomic E-state index is 12.3. The molecular weight excluding hydrogens is 135 g/mol. The molecule has 0 bridgehead atoms. The second-order valence-corrected chi connectivity index (χ2v) is 1.54. The molecule has 1 heterocycles. The fourth-order valence-corrected chi connectivity index (χ4v) is 0.434. The van der Waals surface area contributed by atoms with Crippen LogP contribution in [0.1, 0.15) is 5.82 Å². The van der Waals surface area contributed by atoms with Crippen molar-refractivity contribution in [2.24, 2.45) is 0 Å². The SMILES string of the molecule is N#Cc1ncc(F)c(N)n1. The maximum Gasteiger partial charge on any atom is 0.234 e. The van der Waals surface area contributed by atoms with E-state index >= 15 is 0 Å². The zero-order valence-electron chi connectivity index (χ0n) is 4.87. The maximum atomic E-state index is 12.3. The minimum atomic E-state index is -0.709. The van der Waals surface area contributed by atoms with E-state index in [1.807, 2.05) is 0 Å². The van der Waals surface area contributed by atoms with Crippen molar-refractivity contribution in [3.63, 3.8) is 0 Å². The van der Waals surface area contributed by atoms with Crippen molar-refractivity contribution in [1.82, 2.24) is 9.97 Å². The summed E-state index contributed by atoms with van der Waals surface area (Å²) >= 11 is 0. The Labute approximate surface area is 56.1 Å². The third-order valence-electron chi connectivity index (χ3n) is 0.871. The first-order valence-corrected chi connectivity index (χ1v) is 2.42. The lowest BCUT2D eigenvalue weighted by molar-refractivity contribution is 0.618. The fraction of sp³-hybridized carbons (Fsp3) is 0. The number of nitrogens with two attached hydrogens (primary N) is 1. The van der Waals surface area contributed by atoms with Gasteiger partial charge in [0.1, 0.15) is 6.07 Å². The van der Waals surface area contributed by atoms with Crippen LogP contribution >= 0.6 is 0 Å². The van der Waals surface area contributed by atoms with E-state index in [0.717, 1.165) is 6.20 Å². The molecular formula is C5H3FN4. The lowest BCUT2D eigenvalue weighted by Gasteiger charge is -1.91. The van der Waals surface area contributed by atoms with Crippen molar-refractivity contribution in [1.29, 1.82) is 5.26 Å². The monoisotopic (exact) mass is 138 g/mol. The van der Waals surface area contributed by atoms with Gasteiger partial charge in [-0.3, -0.25) is 0 Å². The van der Waals surface area contributed by atoms with Gasteiger partial charge in [-0.25, -0.2) is 9.37 Å². The van der Waals surface area contributed by atoms with Crippen LogP contribution in [-0.4, -0.2) is 9.97 Å². The molecule has 0 atom stereocenters. The number of nitriles is 1. The highest BCUT2D eigenvalue weighted by Crippen LogP contribution is 2.02. The van der Waals surface area contributed by atoms with Crippen molar-refractivity contribution >= 4 is 5.82 Å². The summed E-state index contributed by atoms with van der Waals surface area (Å²) in [6.45, 7) is 0. The van der Waals surface area contributed by atoms with Gasteiger partial charge in [-0.1, -0.05) is 0 Å². The average Bonchev–Trinajstić information content (AvgIpc) is 1.95. The van der Waals surface area contributed by atoms with E-state index in [1.165, 1.54) is 0 Å². The Hall–Kier alpha value is -1.70. The van der Waals surface area contributed by atoms with Crippen molar-refractivity contribution < 1.29 is 4.39 Å². The second-order valence-electron chi connectivity index (χ2n) is 1.54. The Kier molecular flexibility index (Phi) is 1.46. The highest BCUT2D eigenvalue weighted by atomic mass is 19.1. The Morgan fingerprint density at radius 1 is 1.70 bits per heavy atom. The summed E-state index contributed by atoms with van der Waals surface area (Å²) in [4.78, 5) is 6.65. The average molecular weight is 138 g/mol. The van der Waals surface area contributed by atoms with Gasteiger partial charge in [0, 0.05) is 0 Å². The summed E-state index contributed by atoms with van der Waals surface area (Å²) in [7, 11) is 0. The van der Waals surface area contributed by atoms with Gasteiger partial charge in [0.25, 0.3) is 0 Å². The number of hydrogen-bond acceptors (Lipinski definition) is 4. The Morgan fingerprint density at radius 3 is 2.90 bits per heavy atom. The summed E-state index contributed by atoms with van der Waals surface area (Å²) < 4.78 is 12.3. The molecule has 1 rings (SSSR count). The van der Waals surface area contributed by atoms with Crippen molar-refractivity contribution in [2.75, 3.05) is 5.73 Å². The molecule has 1 aromatic heterocycles. The van der Waals surface area contributed by atoms with Gasteiger partial charge in [-0.2, -0.15) is 10.2 Å². The molecule has 50 valence electrons. The van der Waals surface area contributed by atoms with Crippen molar-refractivity contribution in [2.45, 2.75) is 0 Å². The van der Waals surface area contributed by atoms with E-state index in [-0.39, 0.29) is 11.6 Å². The third kappa shape index (κ3) is 1.00. The molecule has 0 amide bonds. The molecule has 0 aliphatic carbocycles. The summed E-state index contributed by atoms with van der Waals surface area (Å²) in [5.41, 5.74) is 5.02. The first kappa shape index (κ1) is 6.42. The minimum Gasteiger partial charge on any atom is -0.381 e. The van der Waals surface area contributed by atoms with Gasteiger partial charge in [0.2, 0.25) is 5.82 Å². The highest BCUT2D eigenvalue weighted by Gasteiger charge is 2.00. The molecule has 2 N–H and O–H groups in total. The molecule has 0 fully saturated rings. The van der Waals surface area contributed by atoms with Gasteiger partial charge in [-0.15, -0.1) is 0 Å². The summed E-state index contributed by atoms with van der Waals surface area (Å²) in [5, 5.41) is 8.20. The van der Waals surface area contributed by atoms with Crippen LogP contribution in [0.2, 0.25) is 0 Å². The first-order valence-electron chi connectivity index (χ1n) is 2.42. The number of aromatic nitrogens is 2. The fourth-order valence-electron chi connectivity index (χ4n) is 0.434. The molecule has 0 spiro atoms. The third-order valence-corrected chi connectivity index (χ3v) is 0.871. The normalized spacial score (nSPS) is 8.80. The molecule has 1 aromatic rings. The van der Waals surface area contributed by atoms with Crippen molar-refractivity contribution in [3.8, 4) is 6.07 Å². The topological polar surface area (TPSA) is 75.6 Å². The number of nitrogens with zero attached hydrogens (tertiary/aromatic N) is 3. The quantitative estimate of drug-likeness (QED) is 0.550. The van der Waals surface area contributed by atoms with Crippen LogP contribution in [-0.2, 0) is 0 Å². The van der Waals surface area contributed by atoms with Crippen LogP contribution in [0.3, 0.4) is 0 Å². The second kappa shape index (κ2) is 2.27. The summed E-state index contributed by atoms with van der Waals surface area (Å²) in [6, 6.07) is 1.63. The van der Waals surface area contributed by atoms with E-state index in [2.05, 4.69) is 9.97 Å². The largest absolute Gasteiger partial charge is 0.381 e. The molecule has 0 saturated carbocycles. The highest BCUT2D eigenvalue weighted by molar-refractivity contribution is 5.30. The van der Waals surface area contributed by atoms with Crippen molar-refractivity contribution in [3.05, 3.63) is 17.8 Å². The zero-order chi connectivity index (χ0) is 7.56. The Balaban J connectivity index is 3.20. The molecule has 10 heavy (non-hydrogen) atoms. The van der Waals surface area contributed by atoms with E-state index in [4.69, 9.17) is 11.0 Å². The van der Waals surface area contributed by atoms with Crippen LogP contribution in [0, 0.1) is 17.1 Å². The van der Waals surface area contributed by atoms with Crippen LogP contribution < -0.4 is 5.73 Å². The van der Waals surface area contributed by atoms with Crippen LogP contribution in [0.5, 0.6) is 0 Å². The van der Waals surface area contributed by atoms with Gasteiger partial charge in [0.05, 0.1) is 6.20 Å². The van der Waals surface area contributed by atoms with Crippen LogP contribution in [0.25, 0.3) is 0 Å². The number of anilines is 1. The van der Waals surface area contributed by atoms with E-state index in [9.17, 15) is 4.39 Å². The summed E-state index contributed by atoms with van der Waals surface area (Å²) in [5.74, 6) is -1.13. The number of nitrogen functional groups attached to an aromatic ring is 1. The zero-order valence-corrected chi connectivity index (χ0v) is 4.87. The standard InChI is InChI=1S/C5H3FN4/c6-3-2-9-4(1-7)10-5(3)8/h2H,(H2,8,9,10).